The summed E-state index contributed by atoms with van der Waals surface area (Å²) >= 11 is 0. The Morgan fingerprint density at radius 1 is 0.933 bits per heavy atom. The number of rotatable bonds is 6. The highest BCUT2D eigenvalue weighted by molar-refractivity contribution is 5.91. The van der Waals surface area contributed by atoms with E-state index in [1.807, 2.05) is 6.07 Å². The van der Waals surface area contributed by atoms with E-state index in [1.54, 1.807) is 21.3 Å². The molecule has 0 aliphatic carbocycles. The third-order valence-electron chi connectivity index (χ3n) is 5.37. The number of methoxy groups -OCH3 is 3. The molecule has 3 aromatic rings. The molecule has 0 N–H and O–H groups in total. The van der Waals surface area contributed by atoms with Crippen LogP contribution in [0.2, 0.25) is 0 Å². The van der Waals surface area contributed by atoms with E-state index in [0.717, 1.165) is 46.7 Å². The van der Waals surface area contributed by atoms with Crippen LogP contribution in [0.25, 0.3) is 22.0 Å². The SMILES string of the molecule is COc1cc2c(cc1OC)-c1cc3ccc(OC)c(OCC(C)C)c3c[n+]1CC2.[Br-]. The molecule has 30 heavy (non-hydrogen) atoms. The maximum Gasteiger partial charge on any atom is 0.213 e. The number of pyridine rings is 1. The van der Waals surface area contributed by atoms with Crippen LogP contribution < -0.4 is 40.5 Å². The summed E-state index contributed by atoms with van der Waals surface area (Å²) in [5, 5.41) is 2.19. The second-order valence-corrected chi connectivity index (χ2v) is 7.77. The lowest BCUT2D eigenvalue weighted by atomic mass is 9.95. The van der Waals surface area contributed by atoms with Gasteiger partial charge in [-0.15, -0.1) is 0 Å². The van der Waals surface area contributed by atoms with Gasteiger partial charge in [0.1, 0.15) is 0 Å². The third kappa shape index (κ3) is 3.93. The van der Waals surface area contributed by atoms with Gasteiger partial charge < -0.3 is 35.9 Å². The van der Waals surface area contributed by atoms with Gasteiger partial charge in [0.25, 0.3) is 0 Å². The van der Waals surface area contributed by atoms with Crippen LogP contribution in [-0.4, -0.2) is 27.9 Å². The standard InChI is InChI=1S/C24H28NO4.BrH/c1-15(2)14-29-24-19-13-25-9-8-17-11-22(27-4)23(28-5)12-18(17)20(25)10-16(19)6-7-21(24)26-3;/h6-7,10-13,15H,8-9,14H2,1-5H3;1H/q+1;/p-1. The summed E-state index contributed by atoms with van der Waals surface area (Å²) in [5.41, 5.74) is 3.61. The normalized spacial score (nSPS) is 12.1. The van der Waals surface area contributed by atoms with Gasteiger partial charge >= 0.3 is 0 Å². The summed E-state index contributed by atoms with van der Waals surface area (Å²) in [7, 11) is 5.03. The van der Waals surface area contributed by atoms with Crippen molar-refractivity contribution in [1.82, 2.24) is 0 Å². The number of hydrogen-bond donors (Lipinski definition) is 0. The number of aromatic nitrogens is 1. The molecule has 5 nitrogen and oxygen atoms in total. The predicted molar refractivity (Wildman–Crippen MR) is 113 cm³/mol. The Hall–Kier alpha value is -2.47. The lowest BCUT2D eigenvalue weighted by Gasteiger charge is -2.19. The fourth-order valence-corrected chi connectivity index (χ4v) is 3.89. The quantitative estimate of drug-likeness (QED) is 0.507. The van der Waals surface area contributed by atoms with Gasteiger partial charge in [-0.3, -0.25) is 0 Å². The van der Waals surface area contributed by atoms with E-state index in [0.29, 0.717) is 12.5 Å². The molecule has 0 atom stereocenters. The molecule has 0 bridgehead atoms. The topological polar surface area (TPSA) is 40.8 Å². The lowest BCUT2D eigenvalue weighted by molar-refractivity contribution is -0.686. The van der Waals surface area contributed by atoms with E-state index in [4.69, 9.17) is 18.9 Å². The van der Waals surface area contributed by atoms with Crippen LogP contribution in [0.3, 0.4) is 0 Å². The Kier molecular flexibility index (Phi) is 6.76. The Morgan fingerprint density at radius 2 is 1.63 bits per heavy atom. The number of halogens is 1. The monoisotopic (exact) mass is 473 g/mol. The zero-order valence-corrected chi connectivity index (χ0v) is 19.7. The van der Waals surface area contributed by atoms with Crippen molar-refractivity contribution < 1.29 is 40.5 Å². The minimum absolute atomic E-state index is 0. The van der Waals surface area contributed by atoms with Gasteiger partial charge in [0, 0.05) is 12.5 Å². The summed E-state index contributed by atoms with van der Waals surface area (Å²) in [6.45, 7) is 5.84. The van der Waals surface area contributed by atoms with Crippen molar-refractivity contribution in [3.05, 3.63) is 42.1 Å². The molecule has 0 saturated heterocycles. The third-order valence-corrected chi connectivity index (χ3v) is 5.37. The van der Waals surface area contributed by atoms with Crippen LogP contribution in [0.4, 0.5) is 0 Å². The highest BCUT2D eigenvalue weighted by Gasteiger charge is 2.27. The Balaban J connectivity index is 0.00000256. The average Bonchev–Trinajstić information content (AvgIpc) is 2.74. The van der Waals surface area contributed by atoms with E-state index in [-0.39, 0.29) is 17.0 Å². The Labute approximate surface area is 188 Å². The van der Waals surface area contributed by atoms with Gasteiger partial charge in [-0.25, -0.2) is 0 Å². The molecule has 6 heteroatoms. The fraction of sp³-hybridized carbons (Fsp3) is 0.375. The first-order valence-corrected chi connectivity index (χ1v) is 9.98. The van der Waals surface area contributed by atoms with E-state index in [2.05, 4.69) is 48.9 Å². The van der Waals surface area contributed by atoms with Gasteiger partial charge in [0.15, 0.2) is 35.7 Å². The number of nitrogens with zero attached hydrogens (tertiary/aromatic N) is 1. The molecule has 4 rings (SSSR count). The molecule has 1 aromatic heterocycles. The van der Waals surface area contributed by atoms with Crippen molar-refractivity contribution >= 4 is 10.8 Å². The van der Waals surface area contributed by atoms with E-state index < -0.39 is 0 Å². The van der Waals surface area contributed by atoms with E-state index >= 15 is 0 Å². The first kappa shape index (κ1) is 22.2. The molecule has 2 aromatic carbocycles. The molecule has 1 aliphatic rings. The minimum Gasteiger partial charge on any atom is -1.00 e. The van der Waals surface area contributed by atoms with Crippen molar-refractivity contribution in [1.29, 1.82) is 0 Å². The summed E-state index contributed by atoms with van der Waals surface area (Å²) in [6, 6.07) is 10.5. The zero-order valence-electron chi connectivity index (χ0n) is 18.1. The average molecular weight is 474 g/mol. The Morgan fingerprint density at radius 3 is 2.30 bits per heavy atom. The molecule has 0 spiro atoms. The fourth-order valence-electron chi connectivity index (χ4n) is 3.89. The van der Waals surface area contributed by atoms with Gasteiger partial charge in [0.2, 0.25) is 5.69 Å². The van der Waals surface area contributed by atoms with Gasteiger partial charge in [-0.1, -0.05) is 13.8 Å². The molecular formula is C24H28BrNO4. The second kappa shape index (κ2) is 9.13. The van der Waals surface area contributed by atoms with Gasteiger partial charge in [0.05, 0.1) is 38.9 Å². The van der Waals surface area contributed by atoms with Crippen molar-refractivity contribution in [2.45, 2.75) is 26.8 Å². The van der Waals surface area contributed by atoms with E-state index in [9.17, 15) is 0 Å². The Bertz CT molecular complexity index is 1060. The van der Waals surface area contributed by atoms with Crippen molar-refractivity contribution in [2.24, 2.45) is 5.92 Å². The number of benzene rings is 2. The van der Waals surface area contributed by atoms with Crippen LogP contribution in [0.1, 0.15) is 19.4 Å². The lowest BCUT2D eigenvalue weighted by Crippen LogP contribution is -3.00. The molecule has 0 fully saturated rings. The van der Waals surface area contributed by atoms with Crippen LogP contribution in [0, 0.1) is 5.92 Å². The number of ether oxygens (including phenoxy) is 4. The maximum absolute atomic E-state index is 6.16. The largest absolute Gasteiger partial charge is 1.00 e. The predicted octanol–water partition coefficient (Wildman–Crippen LogP) is 1.42. The summed E-state index contributed by atoms with van der Waals surface area (Å²) in [4.78, 5) is 0. The van der Waals surface area contributed by atoms with Crippen LogP contribution >= 0.6 is 0 Å². The summed E-state index contributed by atoms with van der Waals surface area (Å²) in [5.74, 6) is 3.54. The second-order valence-electron chi connectivity index (χ2n) is 7.77. The van der Waals surface area contributed by atoms with Crippen molar-refractivity contribution in [3.8, 4) is 34.3 Å². The number of aryl methyl sites for hydroxylation is 2. The van der Waals surface area contributed by atoms with Crippen LogP contribution in [-0.2, 0) is 13.0 Å². The maximum atomic E-state index is 6.16. The summed E-state index contributed by atoms with van der Waals surface area (Å²) < 4.78 is 25.0. The molecule has 0 saturated carbocycles. The van der Waals surface area contributed by atoms with Crippen LogP contribution in [0.15, 0.2) is 36.5 Å². The molecule has 160 valence electrons. The number of hydrogen-bond acceptors (Lipinski definition) is 4. The van der Waals surface area contributed by atoms with Gasteiger partial charge in [-0.05, 0) is 41.1 Å². The summed E-state index contributed by atoms with van der Waals surface area (Å²) in [6.07, 6.45) is 3.12. The van der Waals surface area contributed by atoms with Gasteiger partial charge in [-0.2, -0.15) is 4.57 Å². The zero-order chi connectivity index (χ0) is 20.5. The van der Waals surface area contributed by atoms with Crippen molar-refractivity contribution in [2.75, 3.05) is 27.9 Å². The molecule has 0 radical (unpaired) electrons. The highest BCUT2D eigenvalue weighted by atomic mass is 79.9. The molecule has 0 amide bonds. The minimum atomic E-state index is 0. The molecule has 2 heterocycles. The smallest absolute Gasteiger partial charge is 0.213 e. The van der Waals surface area contributed by atoms with Crippen LogP contribution in [0.5, 0.6) is 23.0 Å². The first-order chi connectivity index (χ1) is 14.0. The molecule has 1 aliphatic heterocycles. The molecular weight excluding hydrogens is 446 g/mol. The van der Waals surface area contributed by atoms with E-state index in [1.165, 1.54) is 16.8 Å². The highest BCUT2D eigenvalue weighted by Crippen LogP contribution is 2.40. The first-order valence-electron chi connectivity index (χ1n) is 9.98. The molecule has 0 unspecified atom stereocenters. The van der Waals surface area contributed by atoms with Crippen molar-refractivity contribution in [3.63, 3.8) is 0 Å². The number of fused-ring (bicyclic) bond motifs is 4.